The van der Waals surface area contributed by atoms with Gasteiger partial charge in [-0.1, -0.05) is 13.3 Å². The van der Waals surface area contributed by atoms with E-state index in [0.717, 1.165) is 25.9 Å². The van der Waals surface area contributed by atoms with Gasteiger partial charge in [0.25, 0.3) is 0 Å². The molecular weight excluding hydrogens is 150 g/mol. The smallest absolute Gasteiger partial charge is 0.0564 e. The molecule has 72 valence electrons. The van der Waals surface area contributed by atoms with E-state index in [-0.39, 0.29) is 6.10 Å². The van der Waals surface area contributed by atoms with Gasteiger partial charge in [-0.3, -0.25) is 0 Å². The summed E-state index contributed by atoms with van der Waals surface area (Å²) in [6.45, 7) is 6.70. The fraction of sp³-hybridized carbons (Fsp3) is 1.00. The predicted molar refractivity (Wildman–Crippen MR) is 51.2 cm³/mol. The van der Waals surface area contributed by atoms with Crippen LogP contribution >= 0.6 is 0 Å². The van der Waals surface area contributed by atoms with Crippen molar-refractivity contribution < 1.29 is 5.11 Å². The van der Waals surface area contributed by atoms with Crippen molar-refractivity contribution in [2.24, 2.45) is 0 Å². The second kappa shape index (κ2) is 4.83. The van der Waals surface area contributed by atoms with Gasteiger partial charge in [0.1, 0.15) is 0 Å². The van der Waals surface area contributed by atoms with E-state index in [2.05, 4.69) is 18.7 Å². The summed E-state index contributed by atoms with van der Waals surface area (Å²) in [5, 5.41) is 9.31. The first-order valence-electron chi connectivity index (χ1n) is 5.16. The Labute approximate surface area is 75.6 Å². The molecule has 1 unspecified atom stereocenters. The fourth-order valence-electron chi connectivity index (χ4n) is 1.93. The lowest BCUT2D eigenvalue weighted by Gasteiger charge is -2.34. The van der Waals surface area contributed by atoms with E-state index in [9.17, 15) is 5.11 Å². The topological polar surface area (TPSA) is 23.5 Å². The first-order chi connectivity index (χ1) is 5.74. The van der Waals surface area contributed by atoms with Gasteiger partial charge in [0.15, 0.2) is 0 Å². The van der Waals surface area contributed by atoms with Gasteiger partial charge in [-0.05, 0) is 26.2 Å². The maximum Gasteiger partial charge on any atom is 0.0564 e. The molecule has 0 amide bonds. The Kier molecular flexibility index (Phi) is 4.02. The van der Waals surface area contributed by atoms with Gasteiger partial charge in [0, 0.05) is 19.1 Å². The number of hydrogen-bond donors (Lipinski definition) is 1. The van der Waals surface area contributed by atoms with Crippen LogP contribution in [0.25, 0.3) is 0 Å². The zero-order valence-electron chi connectivity index (χ0n) is 8.29. The molecule has 1 saturated heterocycles. The zero-order chi connectivity index (χ0) is 8.97. The van der Waals surface area contributed by atoms with Crippen molar-refractivity contribution in [3.8, 4) is 0 Å². The molecule has 0 aromatic rings. The van der Waals surface area contributed by atoms with Crippen LogP contribution in [-0.4, -0.2) is 35.2 Å². The summed E-state index contributed by atoms with van der Waals surface area (Å²) in [6.07, 6.45) is 4.45. The van der Waals surface area contributed by atoms with Gasteiger partial charge in [0.2, 0.25) is 0 Å². The van der Waals surface area contributed by atoms with E-state index in [4.69, 9.17) is 0 Å². The van der Waals surface area contributed by atoms with Crippen molar-refractivity contribution in [2.75, 3.05) is 13.1 Å². The fourth-order valence-corrected chi connectivity index (χ4v) is 1.93. The Morgan fingerprint density at radius 2 is 2.00 bits per heavy atom. The molecule has 1 N–H and O–H groups in total. The third kappa shape index (κ3) is 2.76. The Balaban J connectivity index is 2.24. The van der Waals surface area contributed by atoms with E-state index in [1.54, 1.807) is 0 Å². The summed E-state index contributed by atoms with van der Waals surface area (Å²) < 4.78 is 0. The largest absolute Gasteiger partial charge is 0.393 e. The molecule has 0 radical (unpaired) electrons. The monoisotopic (exact) mass is 171 g/mol. The van der Waals surface area contributed by atoms with E-state index in [1.807, 2.05) is 0 Å². The van der Waals surface area contributed by atoms with Crippen molar-refractivity contribution in [3.63, 3.8) is 0 Å². The second-order valence-corrected chi connectivity index (χ2v) is 3.90. The molecule has 1 heterocycles. The molecule has 2 nitrogen and oxygen atoms in total. The lowest BCUT2D eigenvalue weighted by molar-refractivity contribution is 0.0626. The number of rotatable bonds is 3. The molecule has 1 rings (SSSR count). The normalized spacial score (nSPS) is 24.2. The van der Waals surface area contributed by atoms with E-state index in [0.29, 0.717) is 6.04 Å². The van der Waals surface area contributed by atoms with E-state index in [1.165, 1.54) is 12.8 Å². The van der Waals surface area contributed by atoms with Gasteiger partial charge < -0.3 is 10.0 Å². The highest BCUT2D eigenvalue weighted by atomic mass is 16.3. The highest BCUT2D eigenvalue weighted by molar-refractivity contribution is 4.75. The number of nitrogens with zero attached hydrogens (tertiary/aromatic N) is 1. The number of likely N-dealkylation sites (tertiary alicyclic amines) is 1. The van der Waals surface area contributed by atoms with Crippen molar-refractivity contribution in [2.45, 2.75) is 51.7 Å². The minimum atomic E-state index is -0.0323. The molecule has 12 heavy (non-hydrogen) atoms. The van der Waals surface area contributed by atoms with Crippen LogP contribution in [0.3, 0.4) is 0 Å². The van der Waals surface area contributed by atoms with Gasteiger partial charge >= 0.3 is 0 Å². The third-order valence-electron chi connectivity index (χ3n) is 2.83. The molecule has 0 bridgehead atoms. The van der Waals surface area contributed by atoms with Crippen LogP contribution in [0.5, 0.6) is 0 Å². The highest BCUT2D eigenvalue weighted by Gasteiger charge is 2.20. The average Bonchev–Trinajstić information content (AvgIpc) is 2.06. The van der Waals surface area contributed by atoms with Gasteiger partial charge in [-0.2, -0.15) is 0 Å². The number of aliphatic hydroxyl groups excluding tert-OH is 1. The summed E-state index contributed by atoms with van der Waals surface area (Å²) in [5.41, 5.74) is 0. The van der Waals surface area contributed by atoms with Crippen LogP contribution < -0.4 is 0 Å². The molecule has 0 spiro atoms. The van der Waals surface area contributed by atoms with Crippen LogP contribution in [0.4, 0.5) is 0 Å². The molecule has 1 aliphatic rings. The Hall–Kier alpha value is -0.0800. The van der Waals surface area contributed by atoms with Crippen LogP contribution in [0.1, 0.15) is 39.5 Å². The van der Waals surface area contributed by atoms with Gasteiger partial charge in [-0.25, -0.2) is 0 Å². The molecule has 2 heteroatoms. The van der Waals surface area contributed by atoms with Crippen LogP contribution in [0.15, 0.2) is 0 Å². The van der Waals surface area contributed by atoms with Crippen LogP contribution in [0.2, 0.25) is 0 Å². The molecule has 0 aromatic carbocycles. The summed E-state index contributed by atoms with van der Waals surface area (Å²) in [4.78, 5) is 2.50. The maximum absolute atomic E-state index is 9.31. The summed E-state index contributed by atoms with van der Waals surface area (Å²) in [5.74, 6) is 0. The number of hydrogen-bond acceptors (Lipinski definition) is 2. The first-order valence-corrected chi connectivity index (χ1v) is 5.16. The lowest BCUT2D eigenvalue weighted by atomic mass is 10.0. The van der Waals surface area contributed by atoms with Crippen molar-refractivity contribution >= 4 is 0 Å². The molecule has 1 fully saturated rings. The molecule has 0 aromatic heterocycles. The molecule has 0 saturated carbocycles. The van der Waals surface area contributed by atoms with Crippen LogP contribution in [0, 0.1) is 0 Å². The Morgan fingerprint density at radius 3 is 2.50 bits per heavy atom. The summed E-state index contributed by atoms with van der Waals surface area (Å²) >= 11 is 0. The minimum Gasteiger partial charge on any atom is -0.393 e. The minimum absolute atomic E-state index is 0.0323. The summed E-state index contributed by atoms with van der Waals surface area (Å²) in [6, 6.07) is 0.711. The summed E-state index contributed by atoms with van der Waals surface area (Å²) in [7, 11) is 0. The zero-order valence-corrected chi connectivity index (χ0v) is 8.29. The molecule has 1 aliphatic heterocycles. The molecule has 0 aliphatic carbocycles. The van der Waals surface area contributed by atoms with Crippen molar-refractivity contribution in [1.29, 1.82) is 0 Å². The van der Waals surface area contributed by atoms with Crippen molar-refractivity contribution in [3.05, 3.63) is 0 Å². The van der Waals surface area contributed by atoms with Crippen LogP contribution in [-0.2, 0) is 0 Å². The standard InChI is InChI=1S/C10H21NO/c1-3-4-9(2)11-7-5-10(12)6-8-11/h9-10,12H,3-8H2,1-2H3. The number of piperidine rings is 1. The van der Waals surface area contributed by atoms with Gasteiger partial charge in [-0.15, -0.1) is 0 Å². The average molecular weight is 171 g/mol. The third-order valence-corrected chi connectivity index (χ3v) is 2.83. The lowest BCUT2D eigenvalue weighted by Crippen LogP contribution is -2.41. The van der Waals surface area contributed by atoms with E-state index >= 15 is 0 Å². The SMILES string of the molecule is CCCC(C)N1CCC(O)CC1. The van der Waals surface area contributed by atoms with Crippen molar-refractivity contribution in [1.82, 2.24) is 4.90 Å². The second-order valence-electron chi connectivity index (χ2n) is 3.90. The molecular formula is C10H21NO. The quantitative estimate of drug-likeness (QED) is 0.697. The molecule has 1 atom stereocenters. The Bertz CT molecular complexity index is 119. The highest BCUT2D eigenvalue weighted by Crippen LogP contribution is 2.15. The Morgan fingerprint density at radius 1 is 1.42 bits per heavy atom. The van der Waals surface area contributed by atoms with E-state index < -0.39 is 0 Å². The first kappa shape index (κ1) is 10.0. The van der Waals surface area contributed by atoms with Gasteiger partial charge in [0.05, 0.1) is 6.10 Å². The maximum atomic E-state index is 9.31. The number of aliphatic hydroxyl groups is 1. The predicted octanol–water partition coefficient (Wildman–Crippen LogP) is 1.63.